The van der Waals surface area contributed by atoms with Crippen molar-refractivity contribution < 1.29 is 19.4 Å². The van der Waals surface area contributed by atoms with E-state index in [2.05, 4.69) is 5.32 Å². The van der Waals surface area contributed by atoms with E-state index < -0.39 is 0 Å². The van der Waals surface area contributed by atoms with Gasteiger partial charge >= 0.3 is 6.03 Å². The molecule has 1 aromatic carbocycles. The summed E-state index contributed by atoms with van der Waals surface area (Å²) in [4.78, 5) is 15.2. The molecule has 23 heavy (non-hydrogen) atoms. The Morgan fingerprint density at radius 1 is 1.30 bits per heavy atom. The first-order valence-electron chi connectivity index (χ1n) is 7.85. The highest BCUT2D eigenvalue weighted by atomic mass is 32.2. The maximum atomic E-state index is 12.5. The number of anilines is 1. The van der Waals surface area contributed by atoms with E-state index in [-0.39, 0.29) is 12.6 Å². The quantitative estimate of drug-likeness (QED) is 0.828. The summed E-state index contributed by atoms with van der Waals surface area (Å²) in [6.45, 7) is 2.63. The Morgan fingerprint density at radius 3 is 2.57 bits per heavy atom. The minimum absolute atomic E-state index is 0.103. The number of rotatable bonds is 3. The zero-order valence-electron chi connectivity index (χ0n) is 13.2. The van der Waals surface area contributed by atoms with E-state index in [9.17, 15) is 9.90 Å². The highest BCUT2D eigenvalue weighted by Crippen LogP contribution is 2.39. The van der Waals surface area contributed by atoms with Crippen LogP contribution in [0, 0.1) is 5.92 Å². The van der Waals surface area contributed by atoms with Crippen LogP contribution in [0.1, 0.15) is 12.8 Å². The molecule has 0 aliphatic carbocycles. The summed E-state index contributed by atoms with van der Waals surface area (Å²) in [5, 5.41) is 12.2. The smallest absolute Gasteiger partial charge is 0.321 e. The summed E-state index contributed by atoms with van der Waals surface area (Å²) in [5.74, 6) is 1.71. The summed E-state index contributed by atoms with van der Waals surface area (Å²) in [5.41, 5.74) is 0.746. The molecule has 0 radical (unpaired) electrons. The van der Waals surface area contributed by atoms with Gasteiger partial charge < -0.3 is 24.8 Å². The van der Waals surface area contributed by atoms with Crippen molar-refractivity contribution in [1.29, 1.82) is 0 Å². The Balaban J connectivity index is 1.70. The Bertz CT molecular complexity index is 573. The number of piperidine rings is 1. The van der Waals surface area contributed by atoms with Crippen molar-refractivity contribution in [2.75, 3.05) is 44.5 Å². The number of thioether (sulfide) groups is 1. The topological polar surface area (TPSA) is 71.0 Å². The number of likely N-dealkylation sites (tertiary alicyclic amines) is 1. The Hall–Kier alpha value is -1.60. The molecule has 6 nitrogen and oxygen atoms in total. The number of nitrogens with one attached hydrogen (secondary N) is 1. The molecule has 2 N–H and O–H groups in total. The number of carbonyl (C=O) groups is 1. The van der Waals surface area contributed by atoms with E-state index in [0.717, 1.165) is 29.2 Å². The largest absolute Gasteiger partial charge is 0.486 e. The van der Waals surface area contributed by atoms with Gasteiger partial charge in [-0.05, 0) is 31.1 Å². The SMILES string of the molecule is CSc1cc2c(cc1NC(=O)N1CCC(CO)CC1)OCCO2. The molecular formula is C16H22N2O4S. The van der Waals surface area contributed by atoms with Gasteiger partial charge in [0, 0.05) is 30.7 Å². The van der Waals surface area contributed by atoms with Gasteiger partial charge in [-0.2, -0.15) is 0 Å². The van der Waals surface area contributed by atoms with E-state index in [1.165, 1.54) is 0 Å². The Labute approximate surface area is 140 Å². The second kappa shape index (κ2) is 7.31. The van der Waals surface area contributed by atoms with Gasteiger partial charge in [0.2, 0.25) is 0 Å². The van der Waals surface area contributed by atoms with E-state index >= 15 is 0 Å². The molecule has 0 atom stereocenters. The number of aliphatic hydroxyl groups is 1. The highest BCUT2D eigenvalue weighted by molar-refractivity contribution is 7.98. The molecule has 1 aromatic rings. The third kappa shape index (κ3) is 3.67. The summed E-state index contributed by atoms with van der Waals surface area (Å²) < 4.78 is 11.2. The molecule has 7 heteroatoms. The molecule has 2 heterocycles. The van der Waals surface area contributed by atoms with Crippen LogP contribution in [0.15, 0.2) is 17.0 Å². The number of ether oxygens (including phenoxy) is 2. The summed E-state index contributed by atoms with van der Waals surface area (Å²) >= 11 is 1.56. The minimum atomic E-state index is -0.103. The van der Waals surface area contributed by atoms with Crippen LogP contribution >= 0.6 is 11.8 Å². The Kier molecular flexibility index (Phi) is 5.17. The standard InChI is InChI=1S/C16H22N2O4S/c1-23-15-9-14-13(21-6-7-22-14)8-12(15)17-16(20)18-4-2-11(10-19)3-5-18/h8-9,11,19H,2-7,10H2,1H3,(H,17,20). The third-order valence-corrected chi connectivity index (χ3v) is 5.04. The van der Waals surface area contributed by atoms with Crippen LogP contribution in [0.25, 0.3) is 0 Å². The van der Waals surface area contributed by atoms with E-state index in [4.69, 9.17) is 9.47 Å². The zero-order valence-corrected chi connectivity index (χ0v) is 14.0. The fourth-order valence-corrected chi connectivity index (χ4v) is 3.40. The normalized spacial score (nSPS) is 17.9. The van der Waals surface area contributed by atoms with E-state index in [0.29, 0.717) is 38.0 Å². The molecule has 2 aliphatic rings. The van der Waals surface area contributed by atoms with Crippen molar-refractivity contribution in [1.82, 2.24) is 4.90 Å². The molecule has 126 valence electrons. The van der Waals surface area contributed by atoms with E-state index in [1.807, 2.05) is 18.4 Å². The monoisotopic (exact) mass is 338 g/mol. The Morgan fingerprint density at radius 2 is 1.96 bits per heavy atom. The summed E-state index contributed by atoms with van der Waals surface area (Å²) in [6, 6.07) is 3.64. The number of amides is 2. The molecule has 0 unspecified atom stereocenters. The lowest BCUT2D eigenvalue weighted by Gasteiger charge is -2.31. The van der Waals surface area contributed by atoms with Crippen molar-refractivity contribution in [3.8, 4) is 11.5 Å². The van der Waals surface area contributed by atoms with E-state index in [1.54, 1.807) is 16.7 Å². The molecule has 2 amide bonds. The first kappa shape index (κ1) is 16.3. The maximum absolute atomic E-state index is 12.5. The molecule has 1 saturated heterocycles. The van der Waals surface area contributed by atoms with Crippen LogP contribution in [0.2, 0.25) is 0 Å². The van der Waals surface area contributed by atoms with Gasteiger partial charge in [0.05, 0.1) is 5.69 Å². The number of nitrogens with zero attached hydrogens (tertiary/aromatic N) is 1. The minimum Gasteiger partial charge on any atom is -0.486 e. The first-order chi connectivity index (χ1) is 11.2. The predicted octanol–water partition coefficient (Wildman–Crippen LogP) is 2.42. The molecule has 0 spiro atoms. The van der Waals surface area contributed by atoms with Gasteiger partial charge in [-0.15, -0.1) is 11.8 Å². The number of fused-ring (bicyclic) bond motifs is 1. The lowest BCUT2D eigenvalue weighted by atomic mass is 9.98. The third-order valence-electron chi connectivity index (χ3n) is 4.27. The van der Waals surface area contributed by atoms with Crippen LogP contribution < -0.4 is 14.8 Å². The average molecular weight is 338 g/mol. The zero-order chi connectivity index (χ0) is 16.2. The predicted molar refractivity (Wildman–Crippen MR) is 89.6 cm³/mol. The maximum Gasteiger partial charge on any atom is 0.321 e. The molecule has 3 rings (SSSR count). The molecule has 1 fully saturated rings. The molecule has 0 aromatic heterocycles. The van der Waals surface area contributed by atoms with Gasteiger partial charge in [0.15, 0.2) is 11.5 Å². The lowest BCUT2D eigenvalue weighted by molar-refractivity contribution is 0.143. The molecular weight excluding hydrogens is 316 g/mol. The number of urea groups is 1. The second-order valence-electron chi connectivity index (χ2n) is 5.74. The van der Waals surface area contributed by atoms with Crippen molar-refractivity contribution >= 4 is 23.5 Å². The van der Waals surface area contributed by atoms with Gasteiger partial charge in [-0.1, -0.05) is 0 Å². The molecule has 2 aliphatic heterocycles. The molecule has 0 saturated carbocycles. The van der Waals surface area contributed by atoms with Crippen LogP contribution in [-0.4, -0.2) is 55.2 Å². The van der Waals surface area contributed by atoms with Gasteiger partial charge in [0.1, 0.15) is 13.2 Å². The van der Waals surface area contributed by atoms with Crippen LogP contribution in [0.4, 0.5) is 10.5 Å². The van der Waals surface area contributed by atoms with Crippen LogP contribution in [0.5, 0.6) is 11.5 Å². The molecule has 0 bridgehead atoms. The highest BCUT2D eigenvalue weighted by Gasteiger charge is 2.23. The number of hydrogen-bond donors (Lipinski definition) is 2. The van der Waals surface area contributed by atoms with Gasteiger partial charge in [-0.25, -0.2) is 4.79 Å². The average Bonchev–Trinajstić information content (AvgIpc) is 2.61. The van der Waals surface area contributed by atoms with Crippen molar-refractivity contribution in [2.45, 2.75) is 17.7 Å². The summed E-state index contributed by atoms with van der Waals surface area (Å²) in [6.07, 6.45) is 3.66. The van der Waals surface area contributed by atoms with Crippen LogP contribution in [-0.2, 0) is 0 Å². The number of aliphatic hydroxyl groups excluding tert-OH is 1. The van der Waals surface area contributed by atoms with Crippen LogP contribution in [0.3, 0.4) is 0 Å². The fourth-order valence-electron chi connectivity index (χ4n) is 2.85. The second-order valence-corrected chi connectivity index (χ2v) is 6.59. The fraction of sp³-hybridized carbons (Fsp3) is 0.562. The number of benzene rings is 1. The van der Waals surface area contributed by atoms with Gasteiger partial charge in [-0.3, -0.25) is 0 Å². The van der Waals surface area contributed by atoms with Crippen molar-refractivity contribution in [2.24, 2.45) is 5.92 Å². The van der Waals surface area contributed by atoms with Gasteiger partial charge in [0.25, 0.3) is 0 Å². The number of carbonyl (C=O) groups excluding carboxylic acids is 1. The van der Waals surface area contributed by atoms with Crippen molar-refractivity contribution in [3.63, 3.8) is 0 Å². The number of hydrogen-bond acceptors (Lipinski definition) is 5. The summed E-state index contributed by atoms with van der Waals surface area (Å²) in [7, 11) is 0. The van der Waals surface area contributed by atoms with Crippen molar-refractivity contribution in [3.05, 3.63) is 12.1 Å². The lowest BCUT2D eigenvalue weighted by Crippen LogP contribution is -2.41. The first-order valence-corrected chi connectivity index (χ1v) is 9.08.